The van der Waals surface area contributed by atoms with Gasteiger partial charge in [0.25, 0.3) is 0 Å². The zero-order valence-electron chi connectivity index (χ0n) is 23.8. The Bertz CT molecular complexity index is 1280. The molecule has 0 saturated heterocycles. The summed E-state index contributed by atoms with van der Waals surface area (Å²) in [4.78, 5) is 19.9. The number of hydrogen-bond acceptors (Lipinski definition) is 10. The number of nitrogens with two attached hydrogens (primary N) is 1. The van der Waals surface area contributed by atoms with Crippen LogP contribution in [0.5, 0.6) is 0 Å². The summed E-state index contributed by atoms with van der Waals surface area (Å²) < 4.78 is 8.19. The van der Waals surface area contributed by atoms with Gasteiger partial charge in [0, 0.05) is 32.7 Å². The zero-order chi connectivity index (χ0) is 30.2. The van der Waals surface area contributed by atoms with Gasteiger partial charge in [-0.1, -0.05) is 72.0 Å². The molecule has 41 heavy (non-hydrogen) atoms. The summed E-state index contributed by atoms with van der Waals surface area (Å²) in [6, 6.07) is 20.8. The Morgan fingerprint density at radius 2 is 1.63 bits per heavy atom. The number of thiazole rings is 1. The molecule has 3 N–H and O–H groups in total. The molecule has 0 saturated carbocycles. The van der Waals surface area contributed by atoms with Gasteiger partial charge in [-0.25, -0.2) is 9.97 Å². The largest absolute Gasteiger partial charge is 0.396 e. The maximum absolute atomic E-state index is 8.98. The summed E-state index contributed by atoms with van der Waals surface area (Å²) in [5.74, 6) is 1.22. The molecule has 11 nitrogen and oxygen atoms in total. The first-order chi connectivity index (χ1) is 19.6. The number of benzene rings is 2. The molecule has 0 fully saturated rings. The number of hydrogen-bond donors (Lipinski definition) is 2. The second-order valence-electron chi connectivity index (χ2n) is 9.26. The van der Waals surface area contributed by atoms with Gasteiger partial charge in [0.05, 0.1) is 22.1 Å². The number of ether oxygens (including phenoxy) is 1. The van der Waals surface area contributed by atoms with Crippen molar-refractivity contribution in [3.63, 3.8) is 0 Å². The molecule has 4 aromatic rings. The number of nitrogens with zero attached hydrogens (tertiary/aromatic N) is 5. The third-order valence-corrected chi connectivity index (χ3v) is 7.03. The number of rotatable bonds is 10. The molecule has 4 rings (SSSR count). The zero-order valence-corrected chi connectivity index (χ0v) is 24.7. The molecular formula is C29H38N6O5S. The van der Waals surface area contributed by atoms with E-state index >= 15 is 0 Å². The maximum Gasteiger partial charge on any atom is 0.225 e. The number of aliphatic hydroxyl groups excluding tert-OH is 1. The number of aromatic nitrogens is 3. The average molecular weight is 583 g/mol. The highest BCUT2D eigenvalue weighted by Gasteiger charge is 2.17. The molecule has 0 bridgehead atoms. The van der Waals surface area contributed by atoms with Gasteiger partial charge < -0.3 is 35.8 Å². The summed E-state index contributed by atoms with van der Waals surface area (Å²) in [7, 11) is 4.12. The van der Waals surface area contributed by atoms with E-state index in [0.29, 0.717) is 24.6 Å². The minimum atomic E-state index is -1.75. The summed E-state index contributed by atoms with van der Waals surface area (Å²) in [5.41, 5.74) is 12.4. The Morgan fingerprint density at radius 1 is 1.07 bits per heavy atom. The Labute approximate surface area is 244 Å². The van der Waals surface area contributed by atoms with Gasteiger partial charge in [-0.05, 0) is 32.1 Å². The second-order valence-corrected chi connectivity index (χ2v) is 10.2. The number of likely N-dealkylation sites (N-methyl/N-ethyl adjacent to an activating group) is 1. The molecule has 0 spiro atoms. The van der Waals surface area contributed by atoms with Crippen molar-refractivity contribution >= 4 is 17.2 Å². The number of aliphatic hydroxyl groups is 1. The molecular weight excluding hydrogens is 544 g/mol. The predicted molar refractivity (Wildman–Crippen MR) is 160 cm³/mol. The quantitative estimate of drug-likeness (QED) is 0.162. The van der Waals surface area contributed by atoms with Crippen molar-refractivity contribution < 1.29 is 19.5 Å². The van der Waals surface area contributed by atoms with E-state index in [2.05, 4.69) is 82.1 Å². The Balaban J connectivity index is 0.000000254. The molecule has 0 radical (unpaired) electrons. The first kappa shape index (κ1) is 33.2. The minimum Gasteiger partial charge on any atom is -0.396 e. The third kappa shape index (κ3) is 12.0. The van der Waals surface area contributed by atoms with Crippen molar-refractivity contribution in [2.75, 3.05) is 39.6 Å². The lowest BCUT2D eigenvalue weighted by molar-refractivity contribution is -0.689. The molecule has 0 amide bonds. The molecule has 0 unspecified atom stereocenters. The van der Waals surface area contributed by atoms with Gasteiger partial charge in [-0.15, -0.1) is 0 Å². The van der Waals surface area contributed by atoms with E-state index in [9.17, 15) is 0 Å². The number of nitrogen functional groups attached to an aromatic ring is 1. The standard InChI is InChI=1S/C17H21NO.C12H17N4OS.NO3/c1-18(2)13-14-19-17(15-9-5-3-6-10-15)16-11-7-4-8-12-16;1-8-11(3-4-17)18-7-16(8)6-10-5-14-9(2)15-12(10)13;2-1(3)4/h3-12,17H,13-14H2,1-2H3;5,7,17H,3-4,6H2,1-2H3,(H2,13,14,15);/q;+1;-1. The average Bonchev–Trinajstić information content (AvgIpc) is 3.28. The Morgan fingerprint density at radius 3 is 2.12 bits per heavy atom. The predicted octanol–water partition coefficient (Wildman–Crippen LogP) is 3.72. The highest BCUT2D eigenvalue weighted by Crippen LogP contribution is 2.25. The van der Waals surface area contributed by atoms with Crippen LogP contribution in [0.25, 0.3) is 0 Å². The topological polar surface area (TPSA) is 155 Å². The maximum atomic E-state index is 8.98. The van der Waals surface area contributed by atoms with Gasteiger partial charge in [0.1, 0.15) is 17.7 Å². The molecule has 12 heteroatoms. The van der Waals surface area contributed by atoms with Gasteiger partial charge >= 0.3 is 0 Å². The van der Waals surface area contributed by atoms with Crippen molar-refractivity contribution in [3.8, 4) is 0 Å². The lowest BCUT2D eigenvalue weighted by Crippen LogP contribution is -2.35. The van der Waals surface area contributed by atoms with E-state index in [4.69, 9.17) is 30.9 Å². The van der Waals surface area contributed by atoms with Crippen molar-refractivity contribution in [1.29, 1.82) is 0 Å². The van der Waals surface area contributed by atoms with Crippen molar-refractivity contribution in [3.05, 3.63) is 121 Å². The number of anilines is 1. The fourth-order valence-corrected chi connectivity index (χ4v) is 4.74. The third-order valence-electron chi connectivity index (χ3n) is 5.88. The van der Waals surface area contributed by atoms with Crippen LogP contribution in [0.4, 0.5) is 5.82 Å². The fourth-order valence-electron chi connectivity index (χ4n) is 3.76. The van der Waals surface area contributed by atoms with Gasteiger partial charge in [-0.3, -0.25) is 0 Å². The van der Waals surface area contributed by atoms with Crippen molar-refractivity contribution in [2.24, 2.45) is 0 Å². The van der Waals surface area contributed by atoms with Gasteiger partial charge in [0.15, 0.2) is 12.2 Å². The van der Waals surface area contributed by atoms with Crippen LogP contribution in [0.2, 0.25) is 0 Å². The molecule has 2 heterocycles. The van der Waals surface area contributed by atoms with Crippen LogP contribution < -0.4 is 10.3 Å². The van der Waals surface area contributed by atoms with E-state index in [1.54, 1.807) is 17.5 Å². The van der Waals surface area contributed by atoms with Crippen molar-refractivity contribution in [1.82, 2.24) is 14.9 Å². The van der Waals surface area contributed by atoms with E-state index in [0.717, 1.165) is 24.4 Å². The van der Waals surface area contributed by atoms with E-state index in [-0.39, 0.29) is 12.7 Å². The summed E-state index contributed by atoms with van der Waals surface area (Å²) in [5, 5.41) is 23.7. The molecule has 220 valence electrons. The van der Waals surface area contributed by atoms with E-state index < -0.39 is 5.09 Å². The Kier molecular flexibility index (Phi) is 14.3. The number of aryl methyl sites for hydroxylation is 1. The van der Waals surface area contributed by atoms with Crippen LogP contribution in [0, 0.1) is 29.2 Å². The molecule has 0 aliphatic heterocycles. The molecule has 0 aliphatic carbocycles. The normalized spacial score (nSPS) is 10.5. The van der Waals surface area contributed by atoms with E-state index in [1.807, 2.05) is 31.5 Å². The molecule has 0 aliphatic rings. The van der Waals surface area contributed by atoms with Crippen LogP contribution in [-0.2, 0) is 17.7 Å². The SMILES string of the molecule is CN(C)CCOC(c1ccccc1)c1ccccc1.Cc1ncc(C[n+]2csc(CCO)c2C)c(N)n1.O=[N+]([O-])[O-]. The van der Waals surface area contributed by atoms with Crippen LogP contribution in [-0.4, -0.2) is 58.9 Å². The first-order valence-electron chi connectivity index (χ1n) is 12.9. The monoisotopic (exact) mass is 582 g/mol. The Hall–Kier alpha value is -3.97. The lowest BCUT2D eigenvalue weighted by atomic mass is 10.0. The highest BCUT2D eigenvalue weighted by molar-refractivity contribution is 7.09. The first-order valence-corrected chi connectivity index (χ1v) is 13.8. The second kappa shape index (κ2) is 17.7. The fraction of sp³-hybridized carbons (Fsp3) is 0.345. The van der Waals surface area contributed by atoms with Gasteiger partial charge in [-0.2, -0.15) is 4.57 Å². The van der Waals surface area contributed by atoms with Crippen LogP contribution in [0.1, 0.15) is 39.2 Å². The summed E-state index contributed by atoms with van der Waals surface area (Å²) >= 11 is 1.65. The van der Waals surface area contributed by atoms with Gasteiger partial charge in [0.2, 0.25) is 5.51 Å². The molecule has 2 aromatic carbocycles. The van der Waals surface area contributed by atoms with Crippen LogP contribution in [0.3, 0.4) is 0 Å². The van der Waals surface area contributed by atoms with Crippen LogP contribution in [0.15, 0.2) is 72.4 Å². The minimum absolute atomic E-state index is 0.0161. The molecule has 2 aromatic heterocycles. The molecule has 0 atom stereocenters. The highest BCUT2D eigenvalue weighted by atomic mass is 32.1. The van der Waals surface area contributed by atoms with Crippen molar-refractivity contribution in [2.45, 2.75) is 32.9 Å². The summed E-state index contributed by atoms with van der Waals surface area (Å²) in [6.07, 6.45) is 2.49. The summed E-state index contributed by atoms with van der Waals surface area (Å²) in [6.45, 7) is 6.36. The smallest absolute Gasteiger partial charge is 0.225 e. The lowest BCUT2D eigenvalue weighted by Gasteiger charge is -2.20. The van der Waals surface area contributed by atoms with Crippen LogP contribution >= 0.6 is 11.3 Å². The van der Waals surface area contributed by atoms with E-state index in [1.165, 1.54) is 16.0 Å².